The number of rotatable bonds is 4. The highest BCUT2D eigenvalue weighted by Gasteiger charge is 2.25. The van der Waals surface area contributed by atoms with Gasteiger partial charge in [0, 0.05) is 13.0 Å². The summed E-state index contributed by atoms with van der Waals surface area (Å²) in [4.78, 5) is 13.6. The van der Waals surface area contributed by atoms with Gasteiger partial charge in [0.15, 0.2) is 11.6 Å². The second kappa shape index (κ2) is 6.76. The number of hydrogen-bond donors (Lipinski definition) is 1. The molecule has 1 aromatic carbocycles. The number of hydrogen-bond acceptors (Lipinski definition) is 3. The van der Waals surface area contributed by atoms with E-state index in [1.807, 2.05) is 0 Å². The molecule has 1 atom stereocenters. The fraction of sp³-hybridized carbons (Fsp3) is 0.500. The lowest BCUT2D eigenvalue weighted by molar-refractivity contribution is -0.139. The largest absolute Gasteiger partial charge is 0.370 e. The van der Waals surface area contributed by atoms with Crippen molar-refractivity contribution in [2.24, 2.45) is 5.73 Å². The molecule has 1 heterocycles. The van der Waals surface area contributed by atoms with Crippen LogP contribution in [0.25, 0.3) is 0 Å². The van der Waals surface area contributed by atoms with E-state index >= 15 is 0 Å². The SMILES string of the molecule is NCCCC(=O)N1CCOC(c2ccc(F)c(F)c2)C1. The first-order valence-corrected chi connectivity index (χ1v) is 6.66. The van der Waals surface area contributed by atoms with Crippen LogP contribution < -0.4 is 5.73 Å². The summed E-state index contributed by atoms with van der Waals surface area (Å²) < 4.78 is 31.7. The number of nitrogens with two attached hydrogens (primary N) is 1. The number of nitrogens with zero attached hydrogens (tertiary/aromatic N) is 1. The molecular weight excluding hydrogens is 266 g/mol. The average Bonchev–Trinajstić information content (AvgIpc) is 2.47. The van der Waals surface area contributed by atoms with Gasteiger partial charge >= 0.3 is 0 Å². The van der Waals surface area contributed by atoms with Gasteiger partial charge in [0.05, 0.1) is 13.2 Å². The Kier molecular flexibility index (Phi) is 5.03. The van der Waals surface area contributed by atoms with Gasteiger partial charge in [-0.3, -0.25) is 4.79 Å². The minimum absolute atomic E-state index is 0.0198. The molecule has 1 fully saturated rings. The Morgan fingerprint density at radius 2 is 2.20 bits per heavy atom. The first kappa shape index (κ1) is 14.9. The lowest BCUT2D eigenvalue weighted by atomic mass is 10.1. The van der Waals surface area contributed by atoms with Gasteiger partial charge in [-0.15, -0.1) is 0 Å². The molecule has 4 nitrogen and oxygen atoms in total. The van der Waals surface area contributed by atoms with E-state index in [1.165, 1.54) is 6.07 Å². The van der Waals surface area contributed by atoms with E-state index in [4.69, 9.17) is 10.5 Å². The Hall–Kier alpha value is -1.53. The highest BCUT2D eigenvalue weighted by molar-refractivity contribution is 5.76. The van der Waals surface area contributed by atoms with Crippen LogP contribution in [-0.2, 0) is 9.53 Å². The lowest BCUT2D eigenvalue weighted by Crippen LogP contribution is -2.42. The van der Waals surface area contributed by atoms with Crippen molar-refractivity contribution >= 4 is 5.91 Å². The van der Waals surface area contributed by atoms with Gasteiger partial charge in [-0.05, 0) is 30.7 Å². The molecule has 1 aromatic rings. The number of amides is 1. The molecule has 0 saturated carbocycles. The molecule has 1 amide bonds. The van der Waals surface area contributed by atoms with E-state index in [-0.39, 0.29) is 5.91 Å². The van der Waals surface area contributed by atoms with Gasteiger partial charge in [-0.1, -0.05) is 6.07 Å². The Balaban J connectivity index is 2.02. The molecule has 0 aromatic heterocycles. The molecule has 1 unspecified atom stereocenters. The van der Waals surface area contributed by atoms with Crippen LogP contribution in [0.15, 0.2) is 18.2 Å². The number of carbonyl (C=O) groups excluding carboxylic acids is 1. The van der Waals surface area contributed by atoms with Crippen LogP contribution in [0.2, 0.25) is 0 Å². The maximum Gasteiger partial charge on any atom is 0.222 e. The summed E-state index contributed by atoms with van der Waals surface area (Å²) in [6.07, 6.45) is 0.633. The van der Waals surface area contributed by atoms with Gasteiger partial charge in [-0.2, -0.15) is 0 Å². The zero-order valence-corrected chi connectivity index (χ0v) is 11.1. The van der Waals surface area contributed by atoms with Crippen LogP contribution in [0, 0.1) is 11.6 Å². The number of carbonyl (C=O) groups is 1. The van der Waals surface area contributed by atoms with Crippen molar-refractivity contribution in [3.05, 3.63) is 35.4 Å². The monoisotopic (exact) mass is 284 g/mol. The first-order valence-electron chi connectivity index (χ1n) is 6.66. The third kappa shape index (κ3) is 3.52. The quantitative estimate of drug-likeness (QED) is 0.913. The second-order valence-electron chi connectivity index (χ2n) is 4.76. The van der Waals surface area contributed by atoms with Gasteiger partial charge < -0.3 is 15.4 Å². The van der Waals surface area contributed by atoms with Crippen LogP contribution >= 0.6 is 0 Å². The summed E-state index contributed by atoms with van der Waals surface area (Å²) >= 11 is 0. The number of halogens is 2. The molecule has 2 N–H and O–H groups in total. The molecule has 2 rings (SSSR count). The zero-order chi connectivity index (χ0) is 14.5. The van der Waals surface area contributed by atoms with Crippen molar-refractivity contribution in [1.82, 2.24) is 4.90 Å². The predicted octanol–water partition coefficient (Wildman–Crippen LogP) is 1.60. The van der Waals surface area contributed by atoms with Gasteiger partial charge in [0.25, 0.3) is 0 Å². The van der Waals surface area contributed by atoms with E-state index in [0.717, 1.165) is 12.1 Å². The van der Waals surface area contributed by atoms with Gasteiger partial charge in [0.2, 0.25) is 5.91 Å². The first-order chi connectivity index (χ1) is 9.61. The minimum atomic E-state index is -0.905. The number of ether oxygens (including phenoxy) is 1. The van der Waals surface area contributed by atoms with E-state index in [1.54, 1.807) is 4.90 Å². The predicted molar refractivity (Wildman–Crippen MR) is 69.9 cm³/mol. The molecular formula is C14H18F2N2O2. The Labute approximate surface area is 116 Å². The van der Waals surface area contributed by atoms with Crippen LogP contribution in [0.5, 0.6) is 0 Å². The van der Waals surface area contributed by atoms with Crippen LogP contribution in [-0.4, -0.2) is 37.0 Å². The van der Waals surface area contributed by atoms with Crippen LogP contribution in [0.1, 0.15) is 24.5 Å². The summed E-state index contributed by atoms with van der Waals surface area (Å²) in [5.74, 6) is -1.77. The summed E-state index contributed by atoms with van der Waals surface area (Å²) in [5, 5.41) is 0. The van der Waals surface area contributed by atoms with Crippen molar-refractivity contribution in [3.63, 3.8) is 0 Å². The Morgan fingerprint density at radius 3 is 2.90 bits per heavy atom. The molecule has 0 bridgehead atoms. The topological polar surface area (TPSA) is 55.6 Å². The second-order valence-corrected chi connectivity index (χ2v) is 4.76. The van der Waals surface area contributed by atoms with E-state index in [0.29, 0.717) is 44.6 Å². The molecule has 1 aliphatic rings. The van der Waals surface area contributed by atoms with Crippen molar-refractivity contribution in [2.75, 3.05) is 26.2 Å². The average molecular weight is 284 g/mol. The van der Waals surface area contributed by atoms with E-state index < -0.39 is 17.7 Å². The standard InChI is InChI=1S/C14H18F2N2O2/c15-11-4-3-10(8-12(11)16)13-9-18(6-7-20-13)14(19)2-1-5-17/h3-4,8,13H,1-2,5-7,9,17H2. The number of benzene rings is 1. The maximum absolute atomic E-state index is 13.2. The van der Waals surface area contributed by atoms with Crippen molar-refractivity contribution in [1.29, 1.82) is 0 Å². The molecule has 6 heteroatoms. The van der Waals surface area contributed by atoms with Crippen molar-refractivity contribution in [3.8, 4) is 0 Å². The fourth-order valence-corrected chi connectivity index (χ4v) is 2.20. The zero-order valence-electron chi connectivity index (χ0n) is 11.1. The maximum atomic E-state index is 13.2. The smallest absolute Gasteiger partial charge is 0.222 e. The van der Waals surface area contributed by atoms with Gasteiger partial charge in [-0.25, -0.2) is 8.78 Å². The molecule has 1 saturated heterocycles. The third-order valence-corrected chi connectivity index (χ3v) is 3.33. The van der Waals surface area contributed by atoms with Gasteiger partial charge in [0.1, 0.15) is 6.10 Å². The Morgan fingerprint density at radius 1 is 1.40 bits per heavy atom. The van der Waals surface area contributed by atoms with E-state index in [9.17, 15) is 13.6 Å². The highest BCUT2D eigenvalue weighted by atomic mass is 19.2. The highest BCUT2D eigenvalue weighted by Crippen LogP contribution is 2.24. The third-order valence-electron chi connectivity index (χ3n) is 3.33. The molecule has 0 aliphatic carbocycles. The molecule has 0 radical (unpaired) electrons. The molecule has 0 spiro atoms. The summed E-state index contributed by atoms with van der Waals surface area (Å²) in [5.41, 5.74) is 5.92. The summed E-state index contributed by atoms with van der Waals surface area (Å²) in [6.45, 7) is 1.73. The summed E-state index contributed by atoms with van der Waals surface area (Å²) in [6, 6.07) is 3.67. The van der Waals surface area contributed by atoms with Crippen molar-refractivity contribution in [2.45, 2.75) is 18.9 Å². The molecule has 20 heavy (non-hydrogen) atoms. The Bertz CT molecular complexity index is 482. The normalized spacial score (nSPS) is 19.1. The van der Waals surface area contributed by atoms with E-state index in [2.05, 4.69) is 0 Å². The summed E-state index contributed by atoms with van der Waals surface area (Å²) in [7, 11) is 0. The fourth-order valence-electron chi connectivity index (χ4n) is 2.20. The number of morpholine rings is 1. The molecule has 110 valence electrons. The van der Waals surface area contributed by atoms with Crippen LogP contribution in [0.4, 0.5) is 8.78 Å². The molecule has 1 aliphatic heterocycles. The van der Waals surface area contributed by atoms with Crippen molar-refractivity contribution < 1.29 is 18.3 Å². The van der Waals surface area contributed by atoms with Crippen LogP contribution in [0.3, 0.4) is 0 Å². The minimum Gasteiger partial charge on any atom is -0.370 e. The lowest BCUT2D eigenvalue weighted by Gasteiger charge is -2.33.